The van der Waals surface area contributed by atoms with Crippen molar-refractivity contribution in [2.24, 2.45) is 0 Å². The van der Waals surface area contributed by atoms with E-state index in [9.17, 15) is 13.2 Å². The zero-order valence-corrected chi connectivity index (χ0v) is 12.7. The van der Waals surface area contributed by atoms with Gasteiger partial charge in [-0.05, 0) is 18.6 Å². The van der Waals surface area contributed by atoms with Gasteiger partial charge in [0, 0.05) is 11.8 Å². The summed E-state index contributed by atoms with van der Waals surface area (Å²) in [6.07, 6.45) is 0.433. The number of methoxy groups -OCH3 is 1. The van der Waals surface area contributed by atoms with E-state index in [-0.39, 0.29) is 29.3 Å². The standard InChI is InChI=1S/C13H16ClNO4S/c1-19-12-4-2-3-10(7-12)15(13(16)8-14)11-5-6-20(17,18)9-11/h2-4,7,11H,5-6,8-9H2,1H3. The smallest absolute Gasteiger partial charge is 0.242 e. The fourth-order valence-electron chi connectivity index (χ4n) is 2.36. The predicted octanol–water partition coefficient (Wildman–Crippen LogP) is 1.45. The molecule has 0 N–H and O–H groups in total. The molecule has 0 aromatic heterocycles. The van der Waals surface area contributed by atoms with E-state index < -0.39 is 9.84 Å². The Bertz CT molecular complexity index is 602. The van der Waals surface area contributed by atoms with Crippen LogP contribution in [0, 0.1) is 0 Å². The largest absolute Gasteiger partial charge is 0.497 e. The van der Waals surface area contributed by atoms with Crippen molar-refractivity contribution >= 4 is 33.0 Å². The molecule has 1 aromatic carbocycles. The lowest BCUT2D eigenvalue weighted by Crippen LogP contribution is -2.42. The van der Waals surface area contributed by atoms with Crippen LogP contribution in [-0.4, -0.2) is 44.9 Å². The highest BCUT2D eigenvalue weighted by Gasteiger charge is 2.35. The number of hydrogen-bond donors (Lipinski definition) is 0. The number of amides is 1. The van der Waals surface area contributed by atoms with Gasteiger partial charge in [0.15, 0.2) is 9.84 Å². The molecule has 1 heterocycles. The SMILES string of the molecule is COc1cccc(N(C(=O)CCl)C2CCS(=O)(=O)C2)c1. The summed E-state index contributed by atoms with van der Waals surface area (Å²) < 4.78 is 28.4. The van der Waals surface area contributed by atoms with Crippen LogP contribution in [0.2, 0.25) is 0 Å². The molecule has 1 atom stereocenters. The molecule has 1 aliphatic rings. The third-order valence-corrected chi connectivity index (χ3v) is 5.27. The van der Waals surface area contributed by atoms with Crippen LogP contribution in [0.5, 0.6) is 5.75 Å². The number of ether oxygens (including phenoxy) is 1. The highest BCUT2D eigenvalue weighted by atomic mass is 35.5. The fourth-order valence-corrected chi connectivity index (χ4v) is 4.19. The van der Waals surface area contributed by atoms with Gasteiger partial charge in [-0.25, -0.2) is 8.42 Å². The molecule has 0 saturated carbocycles. The molecule has 1 fully saturated rings. The van der Waals surface area contributed by atoms with Crippen LogP contribution >= 0.6 is 11.6 Å². The maximum atomic E-state index is 12.1. The topological polar surface area (TPSA) is 63.7 Å². The average Bonchev–Trinajstić information content (AvgIpc) is 2.79. The van der Waals surface area contributed by atoms with Crippen molar-refractivity contribution in [1.29, 1.82) is 0 Å². The lowest BCUT2D eigenvalue weighted by atomic mass is 10.1. The highest BCUT2D eigenvalue weighted by molar-refractivity contribution is 7.91. The molecular weight excluding hydrogens is 302 g/mol. The molecule has 0 spiro atoms. The van der Waals surface area contributed by atoms with Gasteiger partial charge in [-0.15, -0.1) is 11.6 Å². The van der Waals surface area contributed by atoms with Gasteiger partial charge < -0.3 is 9.64 Å². The van der Waals surface area contributed by atoms with Gasteiger partial charge in [-0.1, -0.05) is 6.07 Å². The van der Waals surface area contributed by atoms with Crippen molar-refractivity contribution in [3.63, 3.8) is 0 Å². The number of halogens is 1. The second-order valence-corrected chi connectivity index (χ2v) is 7.15. The van der Waals surface area contributed by atoms with E-state index in [1.807, 2.05) is 0 Å². The second-order valence-electron chi connectivity index (χ2n) is 4.66. The average molecular weight is 318 g/mol. The van der Waals surface area contributed by atoms with Crippen molar-refractivity contribution in [3.05, 3.63) is 24.3 Å². The molecular formula is C13H16ClNO4S. The van der Waals surface area contributed by atoms with Crippen LogP contribution < -0.4 is 9.64 Å². The Hall–Kier alpha value is -1.27. The van der Waals surface area contributed by atoms with Crippen molar-refractivity contribution in [2.45, 2.75) is 12.5 Å². The van der Waals surface area contributed by atoms with Crippen molar-refractivity contribution < 1.29 is 17.9 Å². The summed E-state index contributed by atoms with van der Waals surface area (Å²) in [5.41, 5.74) is 0.608. The fraction of sp³-hybridized carbons (Fsp3) is 0.462. The normalized spacial score (nSPS) is 20.6. The number of benzene rings is 1. The van der Waals surface area contributed by atoms with Crippen molar-refractivity contribution in [2.75, 3.05) is 29.4 Å². The van der Waals surface area contributed by atoms with E-state index in [0.717, 1.165) is 0 Å². The molecule has 20 heavy (non-hydrogen) atoms. The summed E-state index contributed by atoms with van der Waals surface area (Å²) >= 11 is 5.65. The van der Waals surface area contributed by atoms with Crippen LogP contribution in [0.15, 0.2) is 24.3 Å². The number of carbonyl (C=O) groups excluding carboxylic acids is 1. The molecule has 1 amide bonds. The van der Waals surface area contributed by atoms with Crippen LogP contribution in [-0.2, 0) is 14.6 Å². The minimum Gasteiger partial charge on any atom is -0.497 e. The highest BCUT2D eigenvalue weighted by Crippen LogP contribution is 2.27. The quantitative estimate of drug-likeness (QED) is 0.789. The van der Waals surface area contributed by atoms with Gasteiger partial charge in [0.05, 0.1) is 24.7 Å². The first-order valence-corrected chi connectivity index (χ1v) is 8.55. The first-order chi connectivity index (χ1) is 9.46. The minimum atomic E-state index is -3.07. The second kappa shape index (κ2) is 6.01. The number of rotatable bonds is 4. The molecule has 7 heteroatoms. The number of carbonyl (C=O) groups is 1. The summed E-state index contributed by atoms with van der Waals surface area (Å²) in [6.45, 7) is 0. The molecule has 0 bridgehead atoms. The number of nitrogens with zero attached hydrogens (tertiary/aromatic N) is 1. The molecule has 0 aliphatic carbocycles. The van der Waals surface area contributed by atoms with Gasteiger partial charge in [0.25, 0.3) is 0 Å². The molecule has 5 nitrogen and oxygen atoms in total. The molecule has 2 rings (SSSR count). The van der Waals surface area contributed by atoms with Gasteiger partial charge in [-0.3, -0.25) is 4.79 Å². The molecule has 1 unspecified atom stereocenters. The number of hydrogen-bond acceptors (Lipinski definition) is 4. The maximum Gasteiger partial charge on any atom is 0.242 e. The van der Waals surface area contributed by atoms with Gasteiger partial charge >= 0.3 is 0 Å². The first kappa shape index (κ1) is 15.1. The Balaban J connectivity index is 2.35. The zero-order chi connectivity index (χ0) is 14.8. The number of anilines is 1. The van der Waals surface area contributed by atoms with Gasteiger partial charge in [-0.2, -0.15) is 0 Å². The summed E-state index contributed by atoms with van der Waals surface area (Å²) in [5.74, 6) is 0.201. The maximum absolute atomic E-state index is 12.1. The molecule has 110 valence electrons. The summed E-state index contributed by atoms with van der Waals surface area (Å²) in [6, 6.07) is 6.61. The molecule has 1 aliphatic heterocycles. The van der Waals surface area contributed by atoms with Crippen molar-refractivity contribution in [3.8, 4) is 5.75 Å². The van der Waals surface area contributed by atoms with E-state index in [4.69, 9.17) is 16.3 Å². The van der Waals surface area contributed by atoms with E-state index in [2.05, 4.69) is 0 Å². The Kier molecular flexibility index (Phi) is 4.55. The Morgan fingerprint density at radius 3 is 2.80 bits per heavy atom. The van der Waals surface area contributed by atoms with E-state index in [1.54, 1.807) is 24.3 Å². The Labute approximate surface area is 123 Å². The monoisotopic (exact) mass is 317 g/mol. The Morgan fingerprint density at radius 1 is 1.50 bits per heavy atom. The van der Waals surface area contributed by atoms with Crippen LogP contribution in [0.3, 0.4) is 0 Å². The summed E-state index contributed by atoms with van der Waals surface area (Å²) in [5, 5.41) is 0. The Morgan fingerprint density at radius 2 is 2.25 bits per heavy atom. The third kappa shape index (κ3) is 3.24. The number of sulfone groups is 1. The molecule has 1 aromatic rings. The summed E-state index contributed by atoms with van der Waals surface area (Å²) in [7, 11) is -1.54. The van der Waals surface area contributed by atoms with Crippen LogP contribution in [0.1, 0.15) is 6.42 Å². The van der Waals surface area contributed by atoms with Crippen LogP contribution in [0.4, 0.5) is 5.69 Å². The summed E-state index contributed by atoms with van der Waals surface area (Å²) in [4.78, 5) is 13.5. The molecule has 0 radical (unpaired) electrons. The van der Waals surface area contributed by atoms with E-state index in [0.29, 0.717) is 17.9 Å². The lowest BCUT2D eigenvalue weighted by molar-refractivity contribution is -0.116. The molecule has 1 saturated heterocycles. The van der Waals surface area contributed by atoms with Gasteiger partial charge in [0.2, 0.25) is 5.91 Å². The number of alkyl halides is 1. The van der Waals surface area contributed by atoms with Crippen molar-refractivity contribution in [1.82, 2.24) is 0 Å². The van der Waals surface area contributed by atoms with Gasteiger partial charge in [0.1, 0.15) is 11.6 Å². The predicted molar refractivity (Wildman–Crippen MR) is 78.3 cm³/mol. The minimum absolute atomic E-state index is 0.0210. The zero-order valence-electron chi connectivity index (χ0n) is 11.1. The first-order valence-electron chi connectivity index (χ1n) is 6.19. The lowest BCUT2D eigenvalue weighted by Gasteiger charge is -2.28. The van der Waals surface area contributed by atoms with Crippen LogP contribution in [0.25, 0.3) is 0 Å². The third-order valence-electron chi connectivity index (χ3n) is 3.29. The van der Waals surface area contributed by atoms with E-state index >= 15 is 0 Å². The van der Waals surface area contributed by atoms with E-state index in [1.165, 1.54) is 12.0 Å².